The maximum atomic E-state index is 11.9. The summed E-state index contributed by atoms with van der Waals surface area (Å²) in [5.41, 5.74) is 0.999. The molecule has 0 aliphatic heterocycles. The van der Waals surface area contributed by atoms with E-state index in [2.05, 4.69) is 17.2 Å². The van der Waals surface area contributed by atoms with Crippen LogP contribution in [-0.4, -0.2) is 35.3 Å². The van der Waals surface area contributed by atoms with Crippen molar-refractivity contribution in [3.05, 3.63) is 30.1 Å². The number of nitrogens with zero attached hydrogens (tertiary/aromatic N) is 2. The fourth-order valence-electron chi connectivity index (χ4n) is 2.16. The van der Waals surface area contributed by atoms with E-state index in [4.69, 9.17) is 0 Å². The summed E-state index contributed by atoms with van der Waals surface area (Å²) in [6.45, 7) is 3.02. The molecule has 1 aromatic heterocycles. The van der Waals surface area contributed by atoms with Crippen LogP contribution in [0.15, 0.2) is 24.5 Å². The predicted octanol–water partition coefficient (Wildman–Crippen LogP) is 1.20. The van der Waals surface area contributed by atoms with Gasteiger partial charge in [-0.25, -0.2) is 0 Å². The van der Waals surface area contributed by atoms with Crippen LogP contribution in [0, 0.1) is 11.8 Å². The number of nitrogens with one attached hydrogen (secondary N) is 1. The Hall–Kier alpha value is -1.91. The number of carbonyl (C=O) groups excluding carboxylic acids is 2. The zero-order valence-corrected chi connectivity index (χ0v) is 12.0. The highest BCUT2D eigenvalue weighted by atomic mass is 16.2. The highest BCUT2D eigenvalue weighted by molar-refractivity contribution is 5.82. The highest BCUT2D eigenvalue weighted by Gasteiger charge is 2.38. The van der Waals surface area contributed by atoms with Gasteiger partial charge in [0.2, 0.25) is 11.8 Å². The molecule has 1 heterocycles. The normalized spacial score (nSPS) is 20.3. The van der Waals surface area contributed by atoms with Crippen molar-refractivity contribution in [1.82, 2.24) is 15.2 Å². The van der Waals surface area contributed by atoms with Crippen molar-refractivity contribution < 1.29 is 9.59 Å². The van der Waals surface area contributed by atoms with E-state index >= 15 is 0 Å². The molecule has 0 spiro atoms. The molecule has 0 saturated heterocycles. The van der Waals surface area contributed by atoms with Gasteiger partial charge in [0.05, 0.1) is 0 Å². The van der Waals surface area contributed by atoms with E-state index in [-0.39, 0.29) is 17.7 Å². The first-order valence-electron chi connectivity index (χ1n) is 6.98. The Labute approximate surface area is 119 Å². The number of hydrogen-bond acceptors (Lipinski definition) is 3. The number of carbonyl (C=O) groups is 2. The molecule has 0 radical (unpaired) electrons. The molecule has 0 unspecified atom stereocenters. The fourth-order valence-corrected chi connectivity index (χ4v) is 2.16. The smallest absolute Gasteiger partial charge is 0.224 e. The van der Waals surface area contributed by atoms with Gasteiger partial charge in [-0.15, -0.1) is 0 Å². The Balaban J connectivity index is 1.67. The summed E-state index contributed by atoms with van der Waals surface area (Å²) in [4.78, 5) is 29.2. The molecule has 1 aliphatic rings. The quantitative estimate of drug-likeness (QED) is 0.848. The average Bonchev–Trinajstić information content (AvgIpc) is 3.17. The van der Waals surface area contributed by atoms with Gasteiger partial charge in [-0.3, -0.25) is 14.6 Å². The van der Waals surface area contributed by atoms with E-state index in [1.54, 1.807) is 24.3 Å². The van der Waals surface area contributed by atoms with Gasteiger partial charge in [-0.05, 0) is 24.0 Å². The Kier molecular flexibility index (Phi) is 4.71. The van der Waals surface area contributed by atoms with Gasteiger partial charge >= 0.3 is 0 Å². The van der Waals surface area contributed by atoms with Crippen molar-refractivity contribution in [1.29, 1.82) is 0 Å². The molecular weight excluding hydrogens is 254 g/mol. The minimum Gasteiger partial charge on any atom is -0.355 e. The van der Waals surface area contributed by atoms with Gasteiger partial charge in [-0.2, -0.15) is 0 Å². The topological polar surface area (TPSA) is 62.3 Å². The summed E-state index contributed by atoms with van der Waals surface area (Å²) in [6.07, 6.45) is 4.77. The van der Waals surface area contributed by atoms with Crippen LogP contribution >= 0.6 is 0 Å². The van der Waals surface area contributed by atoms with Crippen molar-refractivity contribution in [3.63, 3.8) is 0 Å². The number of aromatic nitrogens is 1. The third kappa shape index (κ3) is 4.05. The molecule has 5 nitrogen and oxygen atoms in total. The maximum Gasteiger partial charge on any atom is 0.224 e. The molecule has 1 saturated carbocycles. The Morgan fingerprint density at radius 2 is 2.25 bits per heavy atom. The summed E-state index contributed by atoms with van der Waals surface area (Å²) in [7, 11) is 1.76. The van der Waals surface area contributed by atoms with Gasteiger partial charge in [0.15, 0.2) is 0 Å². The molecule has 2 atom stereocenters. The number of hydrogen-bond donors (Lipinski definition) is 1. The standard InChI is InChI=1S/C15H21N3O2/c1-11-8-13(11)15(20)17-7-5-14(19)18(2)10-12-4-3-6-16-9-12/h3-4,6,9,11,13H,5,7-8,10H2,1-2H3,(H,17,20)/t11-,13+/m0/s1. The third-order valence-electron chi connectivity index (χ3n) is 3.65. The highest BCUT2D eigenvalue weighted by Crippen LogP contribution is 2.37. The van der Waals surface area contributed by atoms with Crippen LogP contribution in [0.2, 0.25) is 0 Å². The molecule has 108 valence electrons. The van der Waals surface area contributed by atoms with E-state index in [0.29, 0.717) is 25.4 Å². The van der Waals surface area contributed by atoms with Crippen LogP contribution in [0.3, 0.4) is 0 Å². The first kappa shape index (κ1) is 14.5. The van der Waals surface area contributed by atoms with E-state index in [9.17, 15) is 9.59 Å². The number of rotatable bonds is 6. The fraction of sp³-hybridized carbons (Fsp3) is 0.533. The minimum absolute atomic E-state index is 0.0259. The lowest BCUT2D eigenvalue weighted by molar-refractivity contribution is -0.130. The first-order chi connectivity index (χ1) is 9.58. The second-order valence-electron chi connectivity index (χ2n) is 5.47. The summed E-state index contributed by atoms with van der Waals surface area (Å²) in [6, 6.07) is 3.79. The van der Waals surface area contributed by atoms with Crippen LogP contribution in [0.1, 0.15) is 25.3 Å². The van der Waals surface area contributed by atoms with Crippen molar-refractivity contribution in [3.8, 4) is 0 Å². The molecule has 1 aliphatic carbocycles. The van der Waals surface area contributed by atoms with Crippen molar-refractivity contribution in [2.45, 2.75) is 26.3 Å². The number of amides is 2. The van der Waals surface area contributed by atoms with Crippen LogP contribution in [0.25, 0.3) is 0 Å². The third-order valence-corrected chi connectivity index (χ3v) is 3.65. The zero-order chi connectivity index (χ0) is 14.5. The predicted molar refractivity (Wildman–Crippen MR) is 75.6 cm³/mol. The molecule has 1 aromatic rings. The molecule has 2 rings (SSSR count). The van der Waals surface area contributed by atoms with E-state index in [1.165, 1.54) is 0 Å². The van der Waals surface area contributed by atoms with Gasteiger partial charge in [0.25, 0.3) is 0 Å². The molecule has 1 N–H and O–H groups in total. The van der Waals surface area contributed by atoms with Crippen molar-refractivity contribution in [2.24, 2.45) is 11.8 Å². The Morgan fingerprint density at radius 3 is 2.85 bits per heavy atom. The Bertz CT molecular complexity index is 475. The largest absolute Gasteiger partial charge is 0.355 e. The number of pyridine rings is 1. The second kappa shape index (κ2) is 6.50. The van der Waals surface area contributed by atoms with Gasteiger partial charge in [0.1, 0.15) is 0 Å². The molecule has 5 heteroatoms. The molecule has 20 heavy (non-hydrogen) atoms. The molecule has 2 amide bonds. The maximum absolute atomic E-state index is 11.9. The SMILES string of the molecule is C[C@H]1C[C@H]1C(=O)NCCC(=O)N(C)Cc1cccnc1. The van der Waals surface area contributed by atoms with Gasteiger partial charge in [0, 0.05) is 44.9 Å². The lowest BCUT2D eigenvalue weighted by atomic mass is 10.2. The van der Waals surface area contributed by atoms with E-state index in [1.807, 2.05) is 12.1 Å². The lowest BCUT2D eigenvalue weighted by Gasteiger charge is -2.17. The minimum atomic E-state index is 0.0259. The van der Waals surface area contributed by atoms with Crippen LogP contribution < -0.4 is 5.32 Å². The second-order valence-corrected chi connectivity index (χ2v) is 5.47. The zero-order valence-electron chi connectivity index (χ0n) is 12.0. The molecular formula is C15H21N3O2. The first-order valence-corrected chi connectivity index (χ1v) is 6.98. The van der Waals surface area contributed by atoms with E-state index < -0.39 is 0 Å². The van der Waals surface area contributed by atoms with Crippen LogP contribution in [0.5, 0.6) is 0 Å². The Morgan fingerprint density at radius 1 is 1.50 bits per heavy atom. The summed E-state index contributed by atoms with van der Waals surface area (Å²) >= 11 is 0. The summed E-state index contributed by atoms with van der Waals surface area (Å²) in [5.74, 6) is 0.774. The molecule has 1 fully saturated rings. The van der Waals surface area contributed by atoms with Gasteiger partial charge < -0.3 is 10.2 Å². The molecule has 0 aromatic carbocycles. The average molecular weight is 275 g/mol. The monoisotopic (exact) mass is 275 g/mol. The van der Waals surface area contributed by atoms with Crippen molar-refractivity contribution >= 4 is 11.8 Å². The lowest BCUT2D eigenvalue weighted by Crippen LogP contribution is -2.32. The van der Waals surface area contributed by atoms with Crippen LogP contribution in [-0.2, 0) is 16.1 Å². The summed E-state index contributed by atoms with van der Waals surface area (Å²) < 4.78 is 0. The molecule has 0 bridgehead atoms. The van der Waals surface area contributed by atoms with Gasteiger partial charge in [-0.1, -0.05) is 13.0 Å². The van der Waals surface area contributed by atoms with E-state index in [0.717, 1.165) is 12.0 Å². The van der Waals surface area contributed by atoms with Crippen molar-refractivity contribution in [2.75, 3.05) is 13.6 Å². The summed E-state index contributed by atoms with van der Waals surface area (Å²) in [5, 5.41) is 2.83. The van der Waals surface area contributed by atoms with Crippen LogP contribution in [0.4, 0.5) is 0 Å².